The van der Waals surface area contributed by atoms with E-state index in [2.05, 4.69) is 32.9 Å². The number of hydrogen-bond acceptors (Lipinski definition) is 6. The molecule has 6 heteroatoms. The van der Waals surface area contributed by atoms with Gasteiger partial charge in [-0.05, 0) is 68.3 Å². The summed E-state index contributed by atoms with van der Waals surface area (Å²) in [7, 11) is 0. The van der Waals surface area contributed by atoms with Crippen LogP contribution in [0.5, 0.6) is 0 Å². The number of hydrogen-bond donors (Lipinski definition) is 0. The maximum absolute atomic E-state index is 12.0. The van der Waals surface area contributed by atoms with Crippen LogP contribution in [0.2, 0.25) is 0 Å². The molecule has 34 heavy (non-hydrogen) atoms. The summed E-state index contributed by atoms with van der Waals surface area (Å²) in [5, 5.41) is 0. The molecule has 4 rings (SSSR count). The fourth-order valence-electron chi connectivity index (χ4n) is 5.64. The molecule has 0 aromatic heterocycles. The molecule has 0 bridgehead atoms. The number of rotatable bonds is 11. The largest absolute Gasteiger partial charge is 0.455 e. The van der Waals surface area contributed by atoms with Crippen LogP contribution in [0.4, 0.5) is 0 Å². The molecule has 3 heterocycles. The Balaban J connectivity index is 1.48. The molecule has 6 unspecified atom stereocenters. The number of carbonyl (C=O) groups excluding carboxylic acids is 1. The Hall–Kier alpha value is -1.21. The Morgan fingerprint density at radius 2 is 1.85 bits per heavy atom. The molecule has 3 aliphatic heterocycles. The van der Waals surface area contributed by atoms with Crippen LogP contribution in [-0.2, 0) is 28.5 Å². The fourth-order valence-corrected chi connectivity index (χ4v) is 5.64. The van der Waals surface area contributed by atoms with Gasteiger partial charge in [-0.1, -0.05) is 45.8 Å². The van der Waals surface area contributed by atoms with E-state index in [-0.39, 0.29) is 48.0 Å². The molecule has 192 valence electrons. The quantitative estimate of drug-likeness (QED) is 0.281. The van der Waals surface area contributed by atoms with Crippen LogP contribution in [0.3, 0.4) is 0 Å². The van der Waals surface area contributed by atoms with Crippen molar-refractivity contribution >= 4 is 5.97 Å². The number of allylic oxidation sites excluding steroid dienone is 1. The number of ether oxygens (including phenoxy) is 5. The smallest absolute Gasteiger partial charge is 0.331 e. The van der Waals surface area contributed by atoms with E-state index in [1.165, 1.54) is 12.8 Å². The lowest BCUT2D eigenvalue weighted by atomic mass is 9.80. The Morgan fingerprint density at radius 1 is 1.12 bits per heavy atom. The van der Waals surface area contributed by atoms with Gasteiger partial charge in [0.15, 0.2) is 12.6 Å². The van der Waals surface area contributed by atoms with Gasteiger partial charge >= 0.3 is 5.97 Å². The van der Waals surface area contributed by atoms with Crippen LogP contribution in [-0.4, -0.2) is 50.6 Å². The molecule has 0 aromatic rings. The Morgan fingerprint density at radius 3 is 2.53 bits per heavy atom. The zero-order valence-electron chi connectivity index (χ0n) is 21.3. The molecule has 3 fully saturated rings. The first-order valence-electron chi connectivity index (χ1n) is 13.6. The average Bonchev–Trinajstić information content (AvgIpc) is 3.36. The van der Waals surface area contributed by atoms with E-state index in [0.717, 1.165) is 70.2 Å². The molecule has 1 aliphatic carbocycles. The minimum atomic E-state index is -0.222. The Labute approximate surface area is 205 Å². The summed E-state index contributed by atoms with van der Waals surface area (Å²) in [5.74, 6) is 0.150. The van der Waals surface area contributed by atoms with Gasteiger partial charge in [0.1, 0.15) is 6.10 Å². The standard InChI is InChI=1S/C28H44O6/c1-4-5-14-28(2,3)24(34-27-11-7-9-16-31-27)13-12-21-20(17-23-22(21)18-25(29)33-23)19-32-26-10-6-8-15-30-26/h12-13,18,20-21,23-24,26-27H,4-11,14-17,19H2,1-3H3/b13-12+. The highest BCUT2D eigenvalue weighted by Crippen LogP contribution is 2.43. The lowest BCUT2D eigenvalue weighted by Gasteiger charge is -2.36. The number of fused-ring (bicyclic) bond motifs is 1. The summed E-state index contributed by atoms with van der Waals surface area (Å²) < 4.78 is 30.0. The van der Waals surface area contributed by atoms with E-state index in [9.17, 15) is 4.79 Å². The van der Waals surface area contributed by atoms with Crippen molar-refractivity contribution in [3.63, 3.8) is 0 Å². The fraction of sp³-hybridized carbons (Fsp3) is 0.821. The topological polar surface area (TPSA) is 63.2 Å². The third-order valence-electron chi connectivity index (χ3n) is 7.83. The zero-order chi connectivity index (χ0) is 24.0. The van der Waals surface area contributed by atoms with Gasteiger partial charge in [-0.15, -0.1) is 0 Å². The average molecular weight is 477 g/mol. The van der Waals surface area contributed by atoms with E-state index in [1.807, 2.05) is 0 Å². The third-order valence-corrected chi connectivity index (χ3v) is 7.83. The van der Waals surface area contributed by atoms with E-state index >= 15 is 0 Å². The van der Waals surface area contributed by atoms with Crippen LogP contribution in [0.1, 0.15) is 85.0 Å². The van der Waals surface area contributed by atoms with Crippen LogP contribution in [0.15, 0.2) is 23.8 Å². The van der Waals surface area contributed by atoms with Crippen molar-refractivity contribution in [2.24, 2.45) is 17.3 Å². The van der Waals surface area contributed by atoms with Gasteiger partial charge < -0.3 is 23.7 Å². The highest BCUT2D eigenvalue weighted by Gasteiger charge is 2.44. The van der Waals surface area contributed by atoms with Crippen molar-refractivity contribution in [2.75, 3.05) is 19.8 Å². The van der Waals surface area contributed by atoms with E-state index in [1.54, 1.807) is 6.08 Å². The maximum Gasteiger partial charge on any atom is 0.331 e. The molecule has 1 saturated carbocycles. The van der Waals surface area contributed by atoms with Gasteiger partial charge in [0.25, 0.3) is 0 Å². The first kappa shape index (κ1) is 25.9. The van der Waals surface area contributed by atoms with Gasteiger partial charge in [-0.3, -0.25) is 0 Å². The summed E-state index contributed by atoms with van der Waals surface area (Å²) in [5.41, 5.74) is 1.07. The SMILES string of the molecule is CCCCC(C)(C)C(/C=C/C1C2=CC(=O)OC2CC1COC1CCCCO1)OC1CCCCO1. The van der Waals surface area contributed by atoms with Gasteiger partial charge in [0.05, 0.1) is 12.7 Å². The highest BCUT2D eigenvalue weighted by atomic mass is 16.7. The molecule has 0 radical (unpaired) electrons. The Bertz CT molecular complexity index is 716. The van der Waals surface area contributed by atoms with Crippen LogP contribution >= 0.6 is 0 Å². The molecule has 6 atom stereocenters. The summed E-state index contributed by atoms with van der Waals surface area (Å²) in [4.78, 5) is 12.0. The molecule has 6 nitrogen and oxygen atoms in total. The van der Waals surface area contributed by atoms with Gasteiger partial charge in [0.2, 0.25) is 0 Å². The normalized spacial score (nSPS) is 33.1. The van der Waals surface area contributed by atoms with Crippen molar-refractivity contribution in [3.05, 3.63) is 23.8 Å². The van der Waals surface area contributed by atoms with Gasteiger partial charge in [-0.25, -0.2) is 4.79 Å². The third kappa shape index (κ3) is 6.71. The van der Waals surface area contributed by atoms with Crippen molar-refractivity contribution < 1.29 is 28.5 Å². The molecule has 0 spiro atoms. The second-order valence-electron chi connectivity index (χ2n) is 11.1. The Kier molecular flexibility index (Phi) is 9.25. The number of esters is 1. The monoisotopic (exact) mass is 476 g/mol. The van der Waals surface area contributed by atoms with Crippen molar-refractivity contribution in [1.82, 2.24) is 0 Å². The second-order valence-corrected chi connectivity index (χ2v) is 11.1. The highest BCUT2D eigenvalue weighted by molar-refractivity contribution is 5.86. The van der Waals surface area contributed by atoms with Gasteiger partial charge in [0, 0.05) is 25.2 Å². The molecular formula is C28H44O6. The molecule has 0 amide bonds. The minimum Gasteiger partial charge on any atom is -0.455 e. The zero-order valence-corrected chi connectivity index (χ0v) is 21.3. The predicted octanol–water partition coefficient (Wildman–Crippen LogP) is 5.70. The maximum atomic E-state index is 12.0. The van der Waals surface area contributed by atoms with Crippen molar-refractivity contribution in [3.8, 4) is 0 Å². The van der Waals surface area contributed by atoms with E-state index in [4.69, 9.17) is 23.7 Å². The first-order valence-corrected chi connectivity index (χ1v) is 13.6. The molecule has 4 aliphatic rings. The van der Waals surface area contributed by atoms with Crippen LogP contribution < -0.4 is 0 Å². The van der Waals surface area contributed by atoms with Crippen molar-refractivity contribution in [1.29, 1.82) is 0 Å². The molecule has 2 saturated heterocycles. The van der Waals surface area contributed by atoms with Crippen molar-refractivity contribution in [2.45, 2.75) is 110 Å². The van der Waals surface area contributed by atoms with Gasteiger partial charge in [-0.2, -0.15) is 0 Å². The minimum absolute atomic E-state index is 0.0103. The molecule has 0 aromatic carbocycles. The van der Waals surface area contributed by atoms with Crippen LogP contribution in [0.25, 0.3) is 0 Å². The van der Waals surface area contributed by atoms with Crippen LogP contribution in [0, 0.1) is 17.3 Å². The van der Waals surface area contributed by atoms with E-state index in [0.29, 0.717) is 6.61 Å². The summed E-state index contributed by atoms with van der Waals surface area (Å²) in [6, 6.07) is 0. The lowest BCUT2D eigenvalue weighted by Crippen LogP contribution is -2.36. The summed E-state index contributed by atoms with van der Waals surface area (Å²) in [6.07, 6.45) is 16.4. The summed E-state index contributed by atoms with van der Waals surface area (Å²) >= 11 is 0. The molecule has 0 N–H and O–H groups in total. The molecular weight excluding hydrogens is 432 g/mol. The number of unbranched alkanes of at least 4 members (excludes halogenated alkanes) is 1. The number of carbonyl (C=O) groups is 1. The van der Waals surface area contributed by atoms with E-state index < -0.39 is 0 Å². The first-order chi connectivity index (χ1) is 16.5. The predicted molar refractivity (Wildman–Crippen MR) is 130 cm³/mol. The summed E-state index contributed by atoms with van der Waals surface area (Å²) in [6.45, 7) is 8.98. The lowest BCUT2D eigenvalue weighted by molar-refractivity contribution is -0.197. The second kappa shape index (κ2) is 12.2.